The van der Waals surface area contributed by atoms with Crippen LogP contribution in [-0.2, 0) is 11.3 Å². The molecule has 1 N–H and O–H groups in total. The molecule has 0 aliphatic heterocycles. The van der Waals surface area contributed by atoms with Gasteiger partial charge >= 0.3 is 6.09 Å². The first-order chi connectivity index (χ1) is 9.15. The Balaban J connectivity index is 1.81. The summed E-state index contributed by atoms with van der Waals surface area (Å²) in [6.07, 6.45) is -0.521. The number of alkyl carbamates (subject to hydrolysis) is 1. The van der Waals surface area contributed by atoms with Crippen LogP contribution in [0.5, 0.6) is 0 Å². The van der Waals surface area contributed by atoms with Crippen LogP contribution in [0.25, 0.3) is 0 Å². The lowest BCUT2D eigenvalue weighted by Crippen LogP contribution is -2.27. The van der Waals surface area contributed by atoms with Crippen LogP contribution in [0.2, 0.25) is 0 Å². The van der Waals surface area contributed by atoms with Crippen molar-refractivity contribution in [3.63, 3.8) is 0 Å². The molecule has 0 aliphatic carbocycles. The second-order valence-corrected chi connectivity index (χ2v) is 4.11. The zero-order valence-electron chi connectivity index (χ0n) is 10.8. The molecule has 2 rings (SSSR count). The molecule has 6 nitrogen and oxygen atoms in total. The number of ether oxygens (including phenoxy) is 1. The maximum atomic E-state index is 11.6. The fraction of sp³-hybridized carbons (Fsp3) is 0.308. The van der Waals surface area contributed by atoms with Gasteiger partial charge in [0.15, 0.2) is 5.82 Å². The van der Waals surface area contributed by atoms with Crippen molar-refractivity contribution in [3.05, 3.63) is 47.6 Å². The number of benzene rings is 1. The number of nitrogens with zero attached hydrogens (tertiary/aromatic N) is 2. The summed E-state index contributed by atoms with van der Waals surface area (Å²) in [6, 6.07) is 9.07. The molecule has 0 bridgehead atoms. The molecule has 1 aromatic heterocycles. The standard InChI is InChI=1S/C13H15N3O3/c1-9(12-15-10(2)16-19-12)14-13(17)18-8-11-6-4-3-5-7-11/h3-7,9H,8H2,1-2H3,(H,14,17)/t9-/m0/s1. The fourth-order valence-corrected chi connectivity index (χ4v) is 1.49. The molecule has 100 valence electrons. The van der Waals surface area contributed by atoms with E-state index in [-0.39, 0.29) is 12.6 Å². The molecule has 0 saturated heterocycles. The molecule has 1 heterocycles. The highest BCUT2D eigenvalue weighted by molar-refractivity contribution is 5.67. The van der Waals surface area contributed by atoms with Gasteiger partial charge in [0.2, 0.25) is 5.89 Å². The van der Waals surface area contributed by atoms with Crippen molar-refractivity contribution in [2.75, 3.05) is 0 Å². The summed E-state index contributed by atoms with van der Waals surface area (Å²) >= 11 is 0. The Hall–Kier alpha value is -2.37. The van der Waals surface area contributed by atoms with E-state index in [0.717, 1.165) is 5.56 Å². The molecule has 0 fully saturated rings. The average molecular weight is 261 g/mol. The van der Waals surface area contributed by atoms with Crippen LogP contribution in [0.15, 0.2) is 34.9 Å². The van der Waals surface area contributed by atoms with Crippen LogP contribution in [0.4, 0.5) is 4.79 Å². The van der Waals surface area contributed by atoms with Gasteiger partial charge in [-0.05, 0) is 19.4 Å². The van der Waals surface area contributed by atoms with Crippen molar-refractivity contribution < 1.29 is 14.1 Å². The Morgan fingerprint density at radius 1 is 1.42 bits per heavy atom. The summed E-state index contributed by atoms with van der Waals surface area (Å²) in [5.74, 6) is 0.885. The molecular formula is C13H15N3O3. The van der Waals surface area contributed by atoms with Crippen LogP contribution >= 0.6 is 0 Å². The largest absolute Gasteiger partial charge is 0.445 e. The molecule has 0 aliphatic rings. The number of aryl methyl sites for hydroxylation is 1. The monoisotopic (exact) mass is 261 g/mol. The van der Waals surface area contributed by atoms with Crippen molar-refractivity contribution in [1.29, 1.82) is 0 Å². The van der Waals surface area contributed by atoms with Crippen LogP contribution < -0.4 is 5.32 Å². The number of carbonyl (C=O) groups is 1. The maximum Gasteiger partial charge on any atom is 0.408 e. The minimum absolute atomic E-state index is 0.224. The van der Waals surface area contributed by atoms with Gasteiger partial charge in [-0.2, -0.15) is 4.98 Å². The van der Waals surface area contributed by atoms with Crippen molar-refractivity contribution in [1.82, 2.24) is 15.5 Å². The average Bonchev–Trinajstić information content (AvgIpc) is 2.84. The Morgan fingerprint density at radius 3 is 2.79 bits per heavy atom. The lowest BCUT2D eigenvalue weighted by molar-refractivity contribution is 0.134. The van der Waals surface area contributed by atoms with Crippen molar-refractivity contribution in [2.45, 2.75) is 26.5 Å². The second-order valence-electron chi connectivity index (χ2n) is 4.11. The van der Waals surface area contributed by atoms with Gasteiger partial charge in [-0.1, -0.05) is 35.5 Å². The molecule has 0 radical (unpaired) electrons. The summed E-state index contributed by atoms with van der Waals surface area (Å²) in [7, 11) is 0. The van der Waals surface area contributed by atoms with Gasteiger partial charge in [0, 0.05) is 0 Å². The highest BCUT2D eigenvalue weighted by Crippen LogP contribution is 2.09. The van der Waals surface area contributed by atoms with E-state index in [0.29, 0.717) is 11.7 Å². The number of hydrogen-bond acceptors (Lipinski definition) is 5. The molecule has 1 aromatic carbocycles. The summed E-state index contributed by atoms with van der Waals surface area (Å²) in [4.78, 5) is 15.6. The third-order valence-electron chi connectivity index (χ3n) is 2.46. The van der Waals surface area contributed by atoms with Crippen molar-refractivity contribution in [2.24, 2.45) is 0 Å². The molecule has 1 amide bonds. The molecule has 0 unspecified atom stereocenters. The number of amides is 1. The molecule has 19 heavy (non-hydrogen) atoms. The highest BCUT2D eigenvalue weighted by atomic mass is 16.5. The summed E-state index contributed by atoms with van der Waals surface area (Å²) in [5, 5.41) is 6.28. The van der Waals surface area contributed by atoms with Gasteiger partial charge < -0.3 is 14.6 Å². The first-order valence-corrected chi connectivity index (χ1v) is 5.92. The molecular weight excluding hydrogens is 246 g/mol. The molecule has 1 atom stereocenters. The number of rotatable bonds is 4. The predicted octanol–water partition coefficient (Wildman–Crippen LogP) is 2.37. The first kappa shape index (κ1) is 13.1. The van der Waals surface area contributed by atoms with E-state index in [1.165, 1.54) is 0 Å². The minimum atomic E-state index is -0.521. The highest BCUT2D eigenvalue weighted by Gasteiger charge is 2.16. The Bertz CT molecular complexity index is 539. The molecule has 0 spiro atoms. The lowest BCUT2D eigenvalue weighted by atomic mass is 10.2. The number of aromatic nitrogens is 2. The smallest absolute Gasteiger partial charge is 0.408 e. The SMILES string of the molecule is Cc1noc([C@H](C)NC(=O)OCc2ccccc2)n1. The third kappa shape index (κ3) is 3.80. The van der Waals surface area contributed by atoms with Crippen LogP contribution in [-0.4, -0.2) is 16.2 Å². The van der Waals surface area contributed by atoms with Gasteiger partial charge in [-0.3, -0.25) is 0 Å². The van der Waals surface area contributed by atoms with Crippen molar-refractivity contribution in [3.8, 4) is 0 Å². The summed E-state index contributed by atoms with van der Waals surface area (Å²) < 4.78 is 10.0. The van der Waals surface area contributed by atoms with E-state index in [9.17, 15) is 4.79 Å². The van der Waals surface area contributed by atoms with E-state index in [1.54, 1.807) is 13.8 Å². The number of hydrogen-bond donors (Lipinski definition) is 1. The van der Waals surface area contributed by atoms with Gasteiger partial charge in [0.05, 0.1) is 0 Å². The summed E-state index contributed by atoms with van der Waals surface area (Å²) in [5.41, 5.74) is 0.930. The van der Waals surface area contributed by atoms with Gasteiger partial charge in [-0.25, -0.2) is 4.79 Å². The Morgan fingerprint density at radius 2 is 2.16 bits per heavy atom. The predicted molar refractivity (Wildman–Crippen MR) is 67.2 cm³/mol. The van der Waals surface area contributed by atoms with E-state index in [4.69, 9.17) is 9.26 Å². The third-order valence-corrected chi connectivity index (χ3v) is 2.46. The van der Waals surface area contributed by atoms with Crippen molar-refractivity contribution >= 4 is 6.09 Å². The summed E-state index contributed by atoms with van der Waals surface area (Å²) in [6.45, 7) is 3.69. The maximum absolute atomic E-state index is 11.6. The quantitative estimate of drug-likeness (QED) is 0.914. The molecule has 6 heteroatoms. The zero-order valence-corrected chi connectivity index (χ0v) is 10.8. The van der Waals surface area contributed by atoms with E-state index in [1.807, 2.05) is 30.3 Å². The second kappa shape index (κ2) is 5.99. The first-order valence-electron chi connectivity index (χ1n) is 5.92. The van der Waals surface area contributed by atoms with Crippen LogP contribution in [0, 0.1) is 6.92 Å². The lowest BCUT2D eigenvalue weighted by Gasteiger charge is -2.10. The number of carbonyl (C=O) groups excluding carboxylic acids is 1. The van der Waals surface area contributed by atoms with Gasteiger partial charge in [0.1, 0.15) is 12.6 Å². The number of nitrogens with one attached hydrogen (secondary N) is 1. The van der Waals surface area contributed by atoms with Gasteiger partial charge in [0.25, 0.3) is 0 Å². The topological polar surface area (TPSA) is 77.2 Å². The van der Waals surface area contributed by atoms with Crippen LogP contribution in [0.3, 0.4) is 0 Å². The van der Waals surface area contributed by atoms with E-state index >= 15 is 0 Å². The van der Waals surface area contributed by atoms with E-state index in [2.05, 4.69) is 15.5 Å². The van der Waals surface area contributed by atoms with Gasteiger partial charge in [-0.15, -0.1) is 0 Å². The minimum Gasteiger partial charge on any atom is -0.445 e. The molecule has 2 aromatic rings. The normalized spacial score (nSPS) is 11.9. The van der Waals surface area contributed by atoms with E-state index < -0.39 is 6.09 Å². The Kier molecular flexibility index (Phi) is 4.12. The molecule has 0 saturated carbocycles. The fourth-order valence-electron chi connectivity index (χ4n) is 1.49. The van der Waals surface area contributed by atoms with Crippen LogP contribution in [0.1, 0.15) is 30.2 Å². The Labute approximate surface area is 110 Å². The zero-order chi connectivity index (χ0) is 13.7.